The van der Waals surface area contributed by atoms with Gasteiger partial charge in [-0.1, -0.05) is 6.07 Å². The van der Waals surface area contributed by atoms with Crippen molar-refractivity contribution in [1.82, 2.24) is 0 Å². The predicted octanol–water partition coefficient (Wildman–Crippen LogP) is 3.95. The first-order chi connectivity index (χ1) is 15.2. The molecule has 1 aliphatic carbocycles. The van der Waals surface area contributed by atoms with Crippen molar-refractivity contribution in [3.8, 4) is 17.2 Å². The number of ketones is 2. The molecule has 0 saturated carbocycles. The third-order valence-electron chi connectivity index (χ3n) is 5.77. The molecular formula is C24H22O8. The second kappa shape index (κ2) is 8.03. The summed E-state index contributed by atoms with van der Waals surface area (Å²) in [6.45, 7) is 2.61. The summed E-state index contributed by atoms with van der Waals surface area (Å²) in [5.74, 6) is -1.88. The van der Waals surface area contributed by atoms with Crippen LogP contribution in [0, 0.1) is 5.92 Å². The largest absolute Gasteiger partial charge is 0.507 e. The van der Waals surface area contributed by atoms with Crippen molar-refractivity contribution < 1.29 is 38.5 Å². The van der Waals surface area contributed by atoms with Crippen molar-refractivity contribution in [3.05, 3.63) is 52.8 Å². The van der Waals surface area contributed by atoms with Crippen molar-refractivity contribution in [2.45, 2.75) is 26.2 Å². The topological polar surface area (TPSA) is 123 Å². The highest BCUT2D eigenvalue weighted by molar-refractivity contribution is 6.06. The average Bonchev–Trinajstić information content (AvgIpc) is 3.10. The molecule has 32 heavy (non-hydrogen) atoms. The maximum Gasteiger partial charge on any atom is 0.302 e. The van der Waals surface area contributed by atoms with Crippen LogP contribution >= 0.6 is 0 Å². The molecule has 2 N–H and O–H groups in total. The van der Waals surface area contributed by atoms with Gasteiger partial charge in [0.1, 0.15) is 11.3 Å². The van der Waals surface area contributed by atoms with E-state index < -0.39 is 17.8 Å². The Kier molecular flexibility index (Phi) is 5.38. The third-order valence-corrected chi connectivity index (χ3v) is 5.77. The van der Waals surface area contributed by atoms with Gasteiger partial charge in [-0.3, -0.25) is 14.4 Å². The Morgan fingerprint density at radius 1 is 1.12 bits per heavy atom. The van der Waals surface area contributed by atoms with Crippen LogP contribution in [-0.4, -0.2) is 41.5 Å². The average molecular weight is 438 g/mol. The maximum absolute atomic E-state index is 12.9. The number of furan rings is 1. The van der Waals surface area contributed by atoms with Gasteiger partial charge in [-0.05, 0) is 36.8 Å². The van der Waals surface area contributed by atoms with Gasteiger partial charge in [0.25, 0.3) is 0 Å². The van der Waals surface area contributed by atoms with Gasteiger partial charge in [-0.15, -0.1) is 0 Å². The first-order valence-corrected chi connectivity index (χ1v) is 10.0. The molecule has 8 heteroatoms. The number of phenolic OH excluding ortho intramolecular Hbond substituents is 2. The highest BCUT2D eigenvalue weighted by atomic mass is 16.5. The molecule has 0 spiro atoms. The van der Waals surface area contributed by atoms with E-state index in [0.29, 0.717) is 22.1 Å². The van der Waals surface area contributed by atoms with Gasteiger partial charge in [0.15, 0.2) is 28.8 Å². The summed E-state index contributed by atoms with van der Waals surface area (Å²) in [5, 5.41) is 21.2. The van der Waals surface area contributed by atoms with E-state index in [9.17, 15) is 24.6 Å². The van der Waals surface area contributed by atoms with Crippen LogP contribution in [-0.2, 0) is 9.53 Å². The van der Waals surface area contributed by atoms with Crippen LogP contribution < -0.4 is 4.74 Å². The summed E-state index contributed by atoms with van der Waals surface area (Å²) in [4.78, 5) is 36.2. The van der Waals surface area contributed by atoms with Gasteiger partial charge in [0, 0.05) is 36.1 Å². The van der Waals surface area contributed by atoms with Gasteiger partial charge < -0.3 is 24.1 Å². The van der Waals surface area contributed by atoms with E-state index in [1.165, 1.54) is 39.2 Å². The number of methoxy groups -OCH3 is 1. The summed E-state index contributed by atoms with van der Waals surface area (Å²) in [5.41, 5.74) is 1.56. The minimum absolute atomic E-state index is 0.0117. The van der Waals surface area contributed by atoms with Gasteiger partial charge in [-0.2, -0.15) is 0 Å². The number of benzene rings is 2. The van der Waals surface area contributed by atoms with E-state index in [0.717, 1.165) is 0 Å². The Morgan fingerprint density at radius 3 is 2.50 bits per heavy atom. The molecule has 0 saturated heterocycles. The number of aromatic hydroxyl groups is 2. The number of phenols is 2. The summed E-state index contributed by atoms with van der Waals surface area (Å²) in [6.07, 6.45) is 0.0586. The van der Waals surface area contributed by atoms with E-state index in [1.807, 2.05) is 0 Å². The zero-order valence-corrected chi connectivity index (χ0v) is 17.8. The molecule has 0 radical (unpaired) electrons. The molecule has 0 amide bonds. The van der Waals surface area contributed by atoms with E-state index >= 15 is 0 Å². The monoisotopic (exact) mass is 438 g/mol. The molecule has 0 fully saturated rings. The van der Waals surface area contributed by atoms with Crippen LogP contribution in [0.4, 0.5) is 0 Å². The molecule has 0 aliphatic heterocycles. The fourth-order valence-corrected chi connectivity index (χ4v) is 4.35. The number of ether oxygens (including phenoxy) is 2. The lowest BCUT2D eigenvalue weighted by molar-refractivity contribution is -0.142. The van der Waals surface area contributed by atoms with E-state index in [2.05, 4.69) is 0 Å². The zero-order valence-electron chi connectivity index (χ0n) is 17.8. The lowest BCUT2D eigenvalue weighted by Gasteiger charge is -2.31. The molecule has 1 heterocycles. The smallest absolute Gasteiger partial charge is 0.302 e. The van der Waals surface area contributed by atoms with Crippen LogP contribution in [0.15, 0.2) is 34.7 Å². The van der Waals surface area contributed by atoms with Crippen molar-refractivity contribution in [1.29, 1.82) is 0 Å². The Morgan fingerprint density at radius 2 is 1.88 bits per heavy atom. The van der Waals surface area contributed by atoms with E-state index in [-0.39, 0.29) is 53.2 Å². The molecule has 1 aromatic heterocycles. The number of hydrogen-bond acceptors (Lipinski definition) is 8. The molecule has 4 rings (SSSR count). The fraction of sp³-hybridized carbons (Fsp3) is 0.292. The Balaban J connectivity index is 1.95. The van der Waals surface area contributed by atoms with Crippen LogP contribution in [0.2, 0.25) is 0 Å². The number of carbonyl (C=O) groups excluding carboxylic acids is 3. The number of Topliss-reactive ketones (excluding diaryl/α,β-unsaturated/α-hetero) is 2. The van der Waals surface area contributed by atoms with Crippen molar-refractivity contribution >= 4 is 28.5 Å². The second-order valence-corrected chi connectivity index (χ2v) is 7.87. The molecular weight excluding hydrogens is 416 g/mol. The van der Waals surface area contributed by atoms with Crippen molar-refractivity contribution in [2.24, 2.45) is 5.92 Å². The maximum atomic E-state index is 12.9. The summed E-state index contributed by atoms with van der Waals surface area (Å²) in [6, 6.07) is 7.73. The molecule has 3 aromatic rings. The summed E-state index contributed by atoms with van der Waals surface area (Å²) < 4.78 is 16.2. The standard InChI is InChI=1S/C24H22O8/c1-11(25)15-9-21-16(8-17(15)27)23-22(13-4-5-20(30-3)18(28)6-13)14(10-31-12(2)26)7-19(29)24(23)32-21/h4-6,8-9,14,22,27-28H,7,10H2,1-3H3/t14-,22-/m0/s1. The first-order valence-electron chi connectivity index (χ1n) is 10.0. The van der Waals surface area contributed by atoms with Gasteiger partial charge >= 0.3 is 5.97 Å². The molecule has 8 nitrogen and oxygen atoms in total. The van der Waals surface area contributed by atoms with Crippen LogP contribution in [0.1, 0.15) is 58.2 Å². The molecule has 2 aromatic carbocycles. The molecule has 0 bridgehead atoms. The third kappa shape index (κ3) is 3.57. The number of hydrogen-bond donors (Lipinski definition) is 2. The Bertz CT molecular complexity index is 1250. The Hall–Kier alpha value is -3.81. The van der Waals surface area contributed by atoms with Crippen molar-refractivity contribution in [2.75, 3.05) is 13.7 Å². The minimum Gasteiger partial charge on any atom is -0.507 e. The fourth-order valence-electron chi connectivity index (χ4n) is 4.35. The van der Waals surface area contributed by atoms with Gasteiger partial charge in [0.05, 0.1) is 19.3 Å². The summed E-state index contributed by atoms with van der Waals surface area (Å²) >= 11 is 0. The summed E-state index contributed by atoms with van der Waals surface area (Å²) in [7, 11) is 1.44. The minimum atomic E-state index is -0.484. The normalized spacial score (nSPS) is 17.8. The molecule has 0 unspecified atom stereocenters. The van der Waals surface area contributed by atoms with E-state index in [1.54, 1.807) is 12.1 Å². The highest BCUT2D eigenvalue weighted by Gasteiger charge is 2.40. The van der Waals surface area contributed by atoms with Crippen LogP contribution in [0.25, 0.3) is 11.0 Å². The SMILES string of the molecule is COc1ccc([C@@H]2c3c(oc4cc(C(C)=O)c(O)cc34)C(=O)C[C@H]2COC(C)=O)cc1O. The molecule has 2 atom stereocenters. The lowest BCUT2D eigenvalue weighted by atomic mass is 9.73. The molecule has 166 valence electrons. The van der Waals surface area contributed by atoms with Crippen molar-refractivity contribution in [3.63, 3.8) is 0 Å². The van der Waals surface area contributed by atoms with Gasteiger partial charge in [-0.25, -0.2) is 0 Å². The second-order valence-electron chi connectivity index (χ2n) is 7.87. The number of esters is 1. The van der Waals surface area contributed by atoms with Gasteiger partial charge in [0.2, 0.25) is 0 Å². The zero-order chi connectivity index (χ0) is 23.2. The first kappa shape index (κ1) is 21.4. The molecule has 1 aliphatic rings. The lowest BCUT2D eigenvalue weighted by Crippen LogP contribution is -2.29. The number of rotatable bonds is 5. The Labute approximate surface area is 183 Å². The highest BCUT2D eigenvalue weighted by Crippen LogP contribution is 2.48. The van der Waals surface area contributed by atoms with Crippen LogP contribution in [0.5, 0.6) is 17.2 Å². The van der Waals surface area contributed by atoms with Crippen LogP contribution in [0.3, 0.4) is 0 Å². The number of carbonyl (C=O) groups is 3. The quantitative estimate of drug-likeness (QED) is 0.453. The van der Waals surface area contributed by atoms with E-state index in [4.69, 9.17) is 13.9 Å². The number of fused-ring (bicyclic) bond motifs is 3. The predicted molar refractivity (Wildman–Crippen MR) is 113 cm³/mol.